The van der Waals surface area contributed by atoms with E-state index >= 15 is 0 Å². The Morgan fingerprint density at radius 3 is 2.50 bits per heavy atom. The highest BCUT2D eigenvalue weighted by molar-refractivity contribution is 5.92. The molecule has 0 spiro atoms. The van der Waals surface area contributed by atoms with Crippen molar-refractivity contribution in [2.24, 2.45) is 0 Å². The van der Waals surface area contributed by atoms with Crippen molar-refractivity contribution in [3.05, 3.63) is 29.8 Å². The number of amides is 2. The van der Waals surface area contributed by atoms with Crippen molar-refractivity contribution in [1.82, 2.24) is 4.90 Å². The Kier molecular flexibility index (Phi) is 5.54. The average molecular weight is 275 g/mol. The summed E-state index contributed by atoms with van der Waals surface area (Å²) >= 11 is 0. The molecule has 0 heterocycles. The third-order valence-corrected chi connectivity index (χ3v) is 2.85. The first-order valence-electron chi connectivity index (χ1n) is 6.19. The maximum Gasteiger partial charge on any atom is 0.326 e. The van der Waals surface area contributed by atoms with Gasteiger partial charge in [-0.25, -0.2) is 9.59 Å². The van der Waals surface area contributed by atoms with Crippen LogP contribution < -0.4 is 5.32 Å². The lowest BCUT2D eigenvalue weighted by Gasteiger charge is -2.25. The number of aliphatic carboxylic acids is 1. The molecule has 6 heteroatoms. The van der Waals surface area contributed by atoms with Crippen molar-refractivity contribution in [2.45, 2.75) is 26.3 Å². The SMILES string of the molecule is Cc1ccc(NC(=O)N(CCC#N)C(C)C(=O)O)cc1. The lowest BCUT2D eigenvalue weighted by atomic mass is 10.2. The van der Waals surface area contributed by atoms with Gasteiger partial charge in [0.15, 0.2) is 0 Å². The molecular weight excluding hydrogens is 258 g/mol. The van der Waals surface area contributed by atoms with Crippen LogP contribution >= 0.6 is 0 Å². The number of benzene rings is 1. The summed E-state index contributed by atoms with van der Waals surface area (Å²) in [4.78, 5) is 24.2. The van der Waals surface area contributed by atoms with Crippen molar-refractivity contribution < 1.29 is 14.7 Å². The van der Waals surface area contributed by atoms with Crippen molar-refractivity contribution in [3.8, 4) is 6.07 Å². The second-order valence-corrected chi connectivity index (χ2v) is 4.41. The number of anilines is 1. The highest BCUT2D eigenvalue weighted by Gasteiger charge is 2.25. The molecule has 1 aromatic rings. The number of urea groups is 1. The molecule has 0 radical (unpaired) electrons. The number of nitrogens with zero attached hydrogens (tertiary/aromatic N) is 2. The normalized spacial score (nSPS) is 11.2. The number of carbonyl (C=O) groups excluding carboxylic acids is 1. The minimum Gasteiger partial charge on any atom is -0.480 e. The number of carbonyl (C=O) groups is 2. The zero-order valence-electron chi connectivity index (χ0n) is 11.5. The van der Waals surface area contributed by atoms with Gasteiger partial charge in [-0.2, -0.15) is 5.26 Å². The fourth-order valence-corrected chi connectivity index (χ4v) is 1.61. The van der Waals surface area contributed by atoms with Gasteiger partial charge in [-0.3, -0.25) is 0 Å². The Balaban J connectivity index is 2.79. The topological polar surface area (TPSA) is 93.4 Å². The quantitative estimate of drug-likeness (QED) is 0.861. The molecule has 0 saturated carbocycles. The number of nitrogens with one attached hydrogen (secondary N) is 1. The van der Waals surface area contributed by atoms with Crippen LogP contribution in [-0.4, -0.2) is 34.6 Å². The monoisotopic (exact) mass is 275 g/mol. The molecule has 106 valence electrons. The zero-order chi connectivity index (χ0) is 15.1. The number of carboxylic acid groups (broad SMARTS) is 1. The van der Waals surface area contributed by atoms with E-state index in [1.807, 2.05) is 25.1 Å². The number of aryl methyl sites for hydroxylation is 1. The standard InChI is InChI=1S/C14H17N3O3/c1-10-4-6-12(7-5-10)16-14(20)17(9-3-8-15)11(2)13(18)19/h4-7,11H,3,9H2,1-2H3,(H,16,20)(H,18,19). The Morgan fingerprint density at radius 1 is 1.40 bits per heavy atom. The highest BCUT2D eigenvalue weighted by Crippen LogP contribution is 2.11. The summed E-state index contributed by atoms with van der Waals surface area (Å²) in [6.45, 7) is 3.41. The van der Waals surface area contributed by atoms with Crippen LogP contribution in [0.4, 0.5) is 10.5 Å². The average Bonchev–Trinajstić information content (AvgIpc) is 2.41. The predicted molar refractivity (Wildman–Crippen MR) is 74.2 cm³/mol. The van der Waals surface area contributed by atoms with E-state index in [1.165, 1.54) is 6.92 Å². The molecule has 2 amide bonds. The summed E-state index contributed by atoms with van der Waals surface area (Å²) in [5.41, 5.74) is 1.64. The molecule has 1 atom stereocenters. The summed E-state index contributed by atoms with van der Waals surface area (Å²) in [6.07, 6.45) is 0.0823. The van der Waals surface area contributed by atoms with E-state index in [2.05, 4.69) is 5.32 Å². The number of carboxylic acids is 1. The second kappa shape index (κ2) is 7.14. The maximum absolute atomic E-state index is 12.1. The Morgan fingerprint density at radius 2 is 2.00 bits per heavy atom. The van der Waals surface area contributed by atoms with Gasteiger partial charge in [0.2, 0.25) is 0 Å². The number of hydrogen-bond donors (Lipinski definition) is 2. The van der Waals surface area contributed by atoms with Crippen LogP contribution in [0.1, 0.15) is 18.9 Å². The molecule has 0 saturated heterocycles. The molecule has 0 fully saturated rings. The summed E-state index contributed by atoms with van der Waals surface area (Å²) in [6, 6.07) is 7.54. The molecule has 2 N–H and O–H groups in total. The first kappa shape index (κ1) is 15.5. The molecule has 6 nitrogen and oxygen atoms in total. The van der Waals surface area contributed by atoms with Crippen LogP contribution in [0.2, 0.25) is 0 Å². The van der Waals surface area contributed by atoms with Crippen molar-refractivity contribution >= 4 is 17.7 Å². The minimum absolute atomic E-state index is 0.0711. The summed E-state index contributed by atoms with van der Waals surface area (Å²) in [5.74, 6) is -1.11. The van der Waals surface area contributed by atoms with Gasteiger partial charge in [-0.1, -0.05) is 17.7 Å². The molecule has 0 aromatic heterocycles. The van der Waals surface area contributed by atoms with Gasteiger partial charge in [-0.15, -0.1) is 0 Å². The molecule has 1 unspecified atom stereocenters. The van der Waals surface area contributed by atoms with Gasteiger partial charge in [0.25, 0.3) is 0 Å². The Hall–Kier alpha value is -2.55. The van der Waals surface area contributed by atoms with Crippen LogP contribution in [0, 0.1) is 18.3 Å². The molecule has 1 aromatic carbocycles. The van der Waals surface area contributed by atoms with Crippen LogP contribution in [-0.2, 0) is 4.79 Å². The fourth-order valence-electron chi connectivity index (χ4n) is 1.61. The Labute approximate surface area is 117 Å². The molecule has 0 aliphatic carbocycles. The molecule has 0 bridgehead atoms. The van der Waals surface area contributed by atoms with Crippen LogP contribution in [0.25, 0.3) is 0 Å². The third-order valence-electron chi connectivity index (χ3n) is 2.85. The first-order valence-corrected chi connectivity index (χ1v) is 6.19. The molecule has 20 heavy (non-hydrogen) atoms. The van der Waals surface area contributed by atoms with Gasteiger partial charge < -0.3 is 15.3 Å². The summed E-state index contributed by atoms with van der Waals surface area (Å²) in [7, 11) is 0. The van der Waals surface area contributed by atoms with Crippen molar-refractivity contribution in [2.75, 3.05) is 11.9 Å². The highest BCUT2D eigenvalue weighted by atomic mass is 16.4. The lowest BCUT2D eigenvalue weighted by Crippen LogP contribution is -2.45. The smallest absolute Gasteiger partial charge is 0.326 e. The predicted octanol–water partition coefficient (Wildman–Crippen LogP) is 2.22. The molecular formula is C14H17N3O3. The first-order chi connectivity index (χ1) is 9.45. The summed E-state index contributed by atoms with van der Waals surface area (Å²) in [5, 5.41) is 20.2. The maximum atomic E-state index is 12.1. The van der Waals surface area contributed by atoms with Gasteiger partial charge in [0.05, 0.1) is 12.5 Å². The van der Waals surface area contributed by atoms with Crippen molar-refractivity contribution in [3.63, 3.8) is 0 Å². The third kappa shape index (κ3) is 4.28. The van der Waals surface area contributed by atoms with E-state index in [0.29, 0.717) is 5.69 Å². The van der Waals surface area contributed by atoms with Gasteiger partial charge in [0.1, 0.15) is 6.04 Å². The van der Waals surface area contributed by atoms with Gasteiger partial charge in [-0.05, 0) is 26.0 Å². The molecule has 0 aliphatic rings. The van der Waals surface area contributed by atoms with E-state index in [1.54, 1.807) is 12.1 Å². The zero-order valence-corrected chi connectivity index (χ0v) is 11.5. The fraction of sp³-hybridized carbons (Fsp3) is 0.357. The molecule has 1 rings (SSSR count). The number of rotatable bonds is 5. The second-order valence-electron chi connectivity index (χ2n) is 4.41. The number of nitriles is 1. The van der Waals surface area contributed by atoms with E-state index < -0.39 is 18.0 Å². The molecule has 0 aliphatic heterocycles. The van der Waals surface area contributed by atoms with E-state index in [4.69, 9.17) is 10.4 Å². The van der Waals surface area contributed by atoms with Crippen LogP contribution in [0.3, 0.4) is 0 Å². The van der Waals surface area contributed by atoms with E-state index in [9.17, 15) is 9.59 Å². The van der Waals surface area contributed by atoms with Gasteiger partial charge >= 0.3 is 12.0 Å². The summed E-state index contributed by atoms with van der Waals surface area (Å²) < 4.78 is 0. The van der Waals surface area contributed by atoms with Crippen LogP contribution in [0.5, 0.6) is 0 Å². The van der Waals surface area contributed by atoms with Crippen molar-refractivity contribution in [1.29, 1.82) is 5.26 Å². The van der Waals surface area contributed by atoms with E-state index in [-0.39, 0.29) is 13.0 Å². The number of hydrogen-bond acceptors (Lipinski definition) is 3. The van der Waals surface area contributed by atoms with E-state index in [0.717, 1.165) is 10.5 Å². The van der Waals surface area contributed by atoms with Gasteiger partial charge in [0, 0.05) is 12.2 Å². The Bertz CT molecular complexity index is 519. The lowest BCUT2D eigenvalue weighted by molar-refractivity contribution is -0.141. The van der Waals surface area contributed by atoms with Crippen LogP contribution in [0.15, 0.2) is 24.3 Å². The minimum atomic E-state index is -1.11. The largest absolute Gasteiger partial charge is 0.480 e.